The summed E-state index contributed by atoms with van der Waals surface area (Å²) in [4.78, 5) is 36.1. The SMILES string of the molecule is Cc1nc(-n2cnc(CO)c2)[nH]c(=O)c1C(C)C.Cc1nc(-n2cnc(CO)c2)nc(C)c1C(C)C. The fraction of sp³-hybridized carbons (Fsp3) is 0.440. The fourth-order valence-corrected chi connectivity index (χ4v) is 4.16. The molecule has 3 N–H and O–H groups in total. The number of nitrogens with zero attached hydrogens (tertiary/aromatic N) is 7. The van der Waals surface area contributed by atoms with E-state index in [1.165, 1.54) is 11.9 Å². The predicted octanol–water partition coefficient (Wildman–Crippen LogP) is 2.77. The Balaban J connectivity index is 0.000000201. The first-order valence-corrected chi connectivity index (χ1v) is 11.8. The molecule has 0 saturated heterocycles. The maximum atomic E-state index is 12.0. The van der Waals surface area contributed by atoms with Crippen LogP contribution in [-0.4, -0.2) is 49.3 Å². The van der Waals surface area contributed by atoms with Crippen LogP contribution in [0.2, 0.25) is 0 Å². The molecule has 11 nitrogen and oxygen atoms in total. The highest BCUT2D eigenvalue weighted by atomic mass is 16.3. The Morgan fingerprint density at radius 2 is 1.25 bits per heavy atom. The van der Waals surface area contributed by atoms with E-state index in [-0.39, 0.29) is 24.7 Å². The highest BCUT2D eigenvalue weighted by Gasteiger charge is 2.14. The quantitative estimate of drug-likeness (QED) is 0.371. The van der Waals surface area contributed by atoms with Crippen molar-refractivity contribution in [2.24, 2.45) is 0 Å². The maximum Gasteiger partial charge on any atom is 0.255 e. The lowest BCUT2D eigenvalue weighted by molar-refractivity contribution is 0.277. The highest BCUT2D eigenvalue weighted by molar-refractivity contribution is 5.31. The molecule has 0 amide bonds. The molecule has 4 heterocycles. The van der Waals surface area contributed by atoms with Crippen LogP contribution in [0.25, 0.3) is 11.9 Å². The lowest BCUT2D eigenvalue weighted by atomic mass is 10.0. The Hall–Kier alpha value is -3.70. The van der Waals surface area contributed by atoms with E-state index in [1.54, 1.807) is 27.9 Å². The second-order valence-electron chi connectivity index (χ2n) is 9.17. The van der Waals surface area contributed by atoms with Gasteiger partial charge in [0.25, 0.3) is 5.56 Å². The number of aliphatic hydroxyl groups is 2. The summed E-state index contributed by atoms with van der Waals surface area (Å²) in [6, 6.07) is 0. The van der Waals surface area contributed by atoms with Gasteiger partial charge in [-0.15, -0.1) is 0 Å². The number of aromatic nitrogens is 8. The summed E-state index contributed by atoms with van der Waals surface area (Å²) in [7, 11) is 0. The first kappa shape index (κ1) is 26.9. The minimum Gasteiger partial charge on any atom is -0.390 e. The third-order valence-electron chi connectivity index (χ3n) is 5.67. The number of nitrogens with one attached hydrogen (secondary N) is 1. The van der Waals surface area contributed by atoms with Gasteiger partial charge in [0.1, 0.15) is 12.7 Å². The van der Waals surface area contributed by atoms with Gasteiger partial charge in [-0.05, 0) is 38.2 Å². The van der Waals surface area contributed by atoms with Crippen LogP contribution in [0.5, 0.6) is 0 Å². The second-order valence-corrected chi connectivity index (χ2v) is 9.17. The fourth-order valence-electron chi connectivity index (χ4n) is 4.16. The van der Waals surface area contributed by atoms with E-state index in [9.17, 15) is 4.79 Å². The first-order chi connectivity index (χ1) is 17.0. The van der Waals surface area contributed by atoms with Crippen molar-refractivity contribution in [1.82, 2.24) is 39.0 Å². The number of aryl methyl sites for hydroxylation is 3. The number of aromatic amines is 1. The molecule has 0 unspecified atom stereocenters. The van der Waals surface area contributed by atoms with Crippen molar-refractivity contribution >= 4 is 0 Å². The Morgan fingerprint density at radius 3 is 1.69 bits per heavy atom. The number of H-pyrrole nitrogens is 1. The van der Waals surface area contributed by atoms with Crippen LogP contribution < -0.4 is 5.56 Å². The highest BCUT2D eigenvalue weighted by Crippen LogP contribution is 2.21. The normalized spacial score (nSPS) is 11.2. The van der Waals surface area contributed by atoms with Gasteiger partial charge in [-0.1, -0.05) is 27.7 Å². The maximum absolute atomic E-state index is 12.0. The van der Waals surface area contributed by atoms with Gasteiger partial charge in [0.05, 0.1) is 30.3 Å². The van der Waals surface area contributed by atoms with Crippen molar-refractivity contribution in [3.63, 3.8) is 0 Å². The molecule has 0 aliphatic carbocycles. The number of rotatable bonds is 6. The van der Waals surface area contributed by atoms with Gasteiger partial charge < -0.3 is 10.2 Å². The number of hydrogen-bond donors (Lipinski definition) is 3. The largest absolute Gasteiger partial charge is 0.390 e. The molecule has 0 aromatic carbocycles. The molecule has 0 spiro atoms. The van der Waals surface area contributed by atoms with E-state index >= 15 is 0 Å². The Labute approximate surface area is 210 Å². The molecule has 4 aromatic rings. The van der Waals surface area contributed by atoms with E-state index in [0.717, 1.165) is 11.4 Å². The second kappa shape index (κ2) is 11.4. The summed E-state index contributed by atoms with van der Waals surface area (Å²) >= 11 is 0. The standard InChI is InChI=1S/C13H18N4O.C12H16N4O2/c1-8(2)12-9(3)15-13(16-10(12)4)17-5-11(6-18)14-7-17;1-7(2)10-8(3)14-12(15-11(10)18)16-4-9(5-17)13-6-16/h5,7-8,18H,6H2,1-4H3;4,6-7,17H,5H2,1-3H3,(H,14,15,18). The van der Waals surface area contributed by atoms with Crippen molar-refractivity contribution < 1.29 is 10.2 Å². The number of aliphatic hydroxyl groups excluding tert-OH is 2. The van der Waals surface area contributed by atoms with Gasteiger partial charge in [-0.3, -0.25) is 18.9 Å². The van der Waals surface area contributed by atoms with E-state index < -0.39 is 0 Å². The van der Waals surface area contributed by atoms with Crippen LogP contribution in [0.1, 0.15) is 79.1 Å². The molecule has 0 atom stereocenters. The zero-order valence-corrected chi connectivity index (χ0v) is 21.8. The third-order valence-corrected chi connectivity index (χ3v) is 5.67. The predicted molar refractivity (Wildman–Crippen MR) is 135 cm³/mol. The van der Waals surface area contributed by atoms with Gasteiger partial charge in [-0.2, -0.15) is 0 Å². The molecule has 11 heteroatoms. The Morgan fingerprint density at radius 1 is 0.778 bits per heavy atom. The van der Waals surface area contributed by atoms with E-state index in [1.807, 2.05) is 34.6 Å². The molecule has 4 rings (SSSR count). The van der Waals surface area contributed by atoms with E-state index in [0.29, 0.717) is 40.5 Å². The van der Waals surface area contributed by atoms with Crippen LogP contribution >= 0.6 is 0 Å². The summed E-state index contributed by atoms with van der Waals surface area (Å²) < 4.78 is 3.32. The smallest absolute Gasteiger partial charge is 0.255 e. The molecule has 0 aliphatic rings. The van der Waals surface area contributed by atoms with Crippen molar-refractivity contribution in [2.75, 3.05) is 0 Å². The van der Waals surface area contributed by atoms with Crippen molar-refractivity contribution in [3.8, 4) is 11.9 Å². The average Bonchev–Trinajstić information content (AvgIpc) is 3.48. The van der Waals surface area contributed by atoms with E-state index in [4.69, 9.17) is 10.2 Å². The van der Waals surface area contributed by atoms with Crippen LogP contribution in [0.3, 0.4) is 0 Å². The summed E-state index contributed by atoms with van der Waals surface area (Å²) in [5.41, 5.74) is 5.60. The average molecular weight is 495 g/mol. The first-order valence-electron chi connectivity index (χ1n) is 11.8. The summed E-state index contributed by atoms with van der Waals surface area (Å²) in [5, 5.41) is 18.0. The molecule has 0 aliphatic heterocycles. The zero-order valence-electron chi connectivity index (χ0n) is 21.8. The molecular formula is C25H34N8O3. The molecule has 192 valence electrons. The van der Waals surface area contributed by atoms with Gasteiger partial charge in [0, 0.05) is 29.3 Å². The van der Waals surface area contributed by atoms with Gasteiger partial charge >= 0.3 is 0 Å². The lowest BCUT2D eigenvalue weighted by Gasteiger charge is -2.13. The number of hydrogen-bond acceptors (Lipinski definition) is 8. The Kier molecular flexibility index (Phi) is 8.49. The molecule has 0 fully saturated rings. The van der Waals surface area contributed by atoms with Gasteiger partial charge in [0.2, 0.25) is 11.9 Å². The molecule has 36 heavy (non-hydrogen) atoms. The zero-order chi connectivity index (χ0) is 26.6. The summed E-state index contributed by atoms with van der Waals surface area (Å²) in [6.07, 6.45) is 6.50. The van der Waals surface area contributed by atoms with Gasteiger partial charge in [0.15, 0.2) is 0 Å². The summed E-state index contributed by atoms with van der Waals surface area (Å²) in [6.45, 7) is 13.8. The minimum atomic E-state index is -0.139. The molecular weight excluding hydrogens is 460 g/mol. The van der Waals surface area contributed by atoms with Crippen LogP contribution in [0.4, 0.5) is 0 Å². The molecule has 0 saturated carbocycles. The van der Waals surface area contributed by atoms with Crippen LogP contribution in [-0.2, 0) is 13.2 Å². The van der Waals surface area contributed by atoms with Gasteiger partial charge in [-0.25, -0.2) is 24.9 Å². The van der Waals surface area contributed by atoms with Crippen molar-refractivity contribution in [3.05, 3.63) is 75.0 Å². The Bertz CT molecular complexity index is 1360. The monoisotopic (exact) mass is 494 g/mol. The van der Waals surface area contributed by atoms with E-state index in [2.05, 4.69) is 43.8 Å². The molecule has 0 radical (unpaired) electrons. The third kappa shape index (κ3) is 5.92. The molecule has 0 bridgehead atoms. The summed E-state index contributed by atoms with van der Waals surface area (Å²) in [5.74, 6) is 1.55. The molecule has 4 aromatic heterocycles. The van der Waals surface area contributed by atoms with Crippen molar-refractivity contribution in [2.45, 2.75) is 73.5 Å². The van der Waals surface area contributed by atoms with Crippen LogP contribution in [0, 0.1) is 20.8 Å². The number of imidazole rings is 2. The lowest BCUT2D eigenvalue weighted by Crippen LogP contribution is -2.20. The van der Waals surface area contributed by atoms with Crippen molar-refractivity contribution in [1.29, 1.82) is 0 Å². The topological polar surface area (TPSA) is 148 Å². The minimum absolute atomic E-state index is 0.0744. The van der Waals surface area contributed by atoms with Crippen LogP contribution in [0.15, 0.2) is 29.8 Å².